The van der Waals surface area contributed by atoms with Gasteiger partial charge in [-0.25, -0.2) is 0 Å². The van der Waals surface area contributed by atoms with Crippen molar-refractivity contribution in [1.29, 1.82) is 0 Å². The molecule has 5 heteroatoms. The summed E-state index contributed by atoms with van der Waals surface area (Å²) in [5, 5.41) is 2.50. The lowest BCUT2D eigenvalue weighted by atomic mass is 10.1. The Bertz CT molecular complexity index is 344. The van der Waals surface area contributed by atoms with E-state index in [0.29, 0.717) is 5.56 Å². The van der Waals surface area contributed by atoms with Crippen molar-refractivity contribution in [3.8, 4) is 0 Å². The van der Waals surface area contributed by atoms with Crippen LogP contribution in [0.2, 0.25) is 0 Å². The number of rotatable bonds is 2. The van der Waals surface area contributed by atoms with Crippen LogP contribution in [0.25, 0.3) is 0 Å². The predicted octanol–water partition coefficient (Wildman–Crippen LogP) is 3.37. The lowest BCUT2D eigenvalue weighted by Crippen LogP contribution is -2.18. The average molecular weight is 247 g/mol. The SMILES string of the molecule is CC.CC(=O)NCc1ccc(C(F)(F)F)cc1. The third kappa shape index (κ3) is 5.94. The van der Waals surface area contributed by atoms with E-state index in [2.05, 4.69) is 5.32 Å². The first-order valence-corrected chi connectivity index (χ1v) is 5.30. The van der Waals surface area contributed by atoms with Gasteiger partial charge in [-0.15, -0.1) is 0 Å². The highest BCUT2D eigenvalue weighted by Crippen LogP contribution is 2.28. The number of carbonyl (C=O) groups is 1. The van der Waals surface area contributed by atoms with Gasteiger partial charge >= 0.3 is 6.18 Å². The van der Waals surface area contributed by atoms with Crippen molar-refractivity contribution in [2.45, 2.75) is 33.5 Å². The van der Waals surface area contributed by atoms with E-state index in [1.807, 2.05) is 13.8 Å². The molecule has 0 saturated carbocycles. The molecule has 96 valence electrons. The molecule has 0 aromatic heterocycles. The van der Waals surface area contributed by atoms with Crippen LogP contribution in [0.15, 0.2) is 24.3 Å². The fourth-order valence-electron chi connectivity index (χ4n) is 1.04. The van der Waals surface area contributed by atoms with Crippen LogP contribution in [0.3, 0.4) is 0 Å². The van der Waals surface area contributed by atoms with Gasteiger partial charge in [0.15, 0.2) is 0 Å². The Morgan fingerprint density at radius 3 is 2.00 bits per heavy atom. The zero-order valence-electron chi connectivity index (χ0n) is 10.1. The largest absolute Gasteiger partial charge is 0.416 e. The molecule has 17 heavy (non-hydrogen) atoms. The van der Waals surface area contributed by atoms with Crippen LogP contribution in [0.1, 0.15) is 31.9 Å². The fraction of sp³-hybridized carbons (Fsp3) is 0.417. The number of hydrogen-bond acceptors (Lipinski definition) is 1. The molecule has 0 spiro atoms. The Morgan fingerprint density at radius 2 is 1.65 bits per heavy atom. The van der Waals surface area contributed by atoms with Crippen LogP contribution in [0.5, 0.6) is 0 Å². The fourth-order valence-corrected chi connectivity index (χ4v) is 1.04. The van der Waals surface area contributed by atoms with E-state index in [1.54, 1.807) is 0 Å². The van der Waals surface area contributed by atoms with Crippen LogP contribution < -0.4 is 5.32 Å². The maximum atomic E-state index is 12.2. The van der Waals surface area contributed by atoms with E-state index in [0.717, 1.165) is 12.1 Å². The number of hydrogen-bond donors (Lipinski definition) is 1. The van der Waals surface area contributed by atoms with Crippen LogP contribution >= 0.6 is 0 Å². The molecule has 0 fully saturated rings. The van der Waals surface area contributed by atoms with Crippen molar-refractivity contribution in [1.82, 2.24) is 5.32 Å². The normalized spacial score (nSPS) is 10.2. The minimum Gasteiger partial charge on any atom is -0.352 e. The molecular formula is C12H16F3NO. The Labute approximate surface area is 98.8 Å². The van der Waals surface area contributed by atoms with Gasteiger partial charge in [0.25, 0.3) is 0 Å². The number of halogens is 3. The maximum absolute atomic E-state index is 12.2. The summed E-state index contributed by atoms with van der Waals surface area (Å²) in [7, 11) is 0. The van der Waals surface area contributed by atoms with Gasteiger partial charge in [-0.1, -0.05) is 26.0 Å². The summed E-state index contributed by atoms with van der Waals surface area (Å²) < 4.78 is 36.5. The molecule has 0 heterocycles. The summed E-state index contributed by atoms with van der Waals surface area (Å²) in [4.78, 5) is 10.6. The van der Waals surface area contributed by atoms with Gasteiger partial charge < -0.3 is 5.32 Å². The zero-order valence-corrected chi connectivity index (χ0v) is 10.1. The molecule has 2 nitrogen and oxygen atoms in total. The van der Waals surface area contributed by atoms with Gasteiger partial charge in [-0.3, -0.25) is 4.79 Å². The second-order valence-corrected chi connectivity index (χ2v) is 3.10. The number of amides is 1. The quantitative estimate of drug-likeness (QED) is 0.853. The number of benzene rings is 1. The van der Waals surface area contributed by atoms with Crippen molar-refractivity contribution >= 4 is 5.91 Å². The number of carbonyl (C=O) groups excluding carboxylic acids is 1. The molecule has 1 aromatic rings. The summed E-state index contributed by atoms with van der Waals surface area (Å²) in [6.07, 6.45) is -4.31. The van der Waals surface area contributed by atoms with E-state index < -0.39 is 11.7 Å². The predicted molar refractivity (Wildman–Crippen MR) is 60.3 cm³/mol. The molecule has 1 N–H and O–H groups in total. The van der Waals surface area contributed by atoms with Crippen LogP contribution in [0, 0.1) is 0 Å². The minimum absolute atomic E-state index is 0.213. The summed E-state index contributed by atoms with van der Waals surface area (Å²) in [5.41, 5.74) is -0.0488. The van der Waals surface area contributed by atoms with Crippen molar-refractivity contribution < 1.29 is 18.0 Å². The Morgan fingerprint density at radius 1 is 1.18 bits per heavy atom. The number of nitrogens with one attached hydrogen (secondary N) is 1. The van der Waals surface area contributed by atoms with Gasteiger partial charge in [-0.05, 0) is 17.7 Å². The van der Waals surface area contributed by atoms with Crippen LogP contribution in [-0.2, 0) is 17.5 Å². The van der Waals surface area contributed by atoms with Crippen molar-refractivity contribution in [2.24, 2.45) is 0 Å². The molecule has 0 aliphatic carbocycles. The van der Waals surface area contributed by atoms with Crippen molar-refractivity contribution in [3.63, 3.8) is 0 Å². The van der Waals surface area contributed by atoms with E-state index in [-0.39, 0.29) is 12.5 Å². The molecule has 0 aliphatic rings. The summed E-state index contributed by atoms with van der Waals surface area (Å²) in [5.74, 6) is -0.213. The van der Waals surface area contributed by atoms with Gasteiger partial charge in [0, 0.05) is 13.5 Å². The second kappa shape index (κ2) is 6.93. The average Bonchev–Trinajstić information content (AvgIpc) is 2.28. The lowest BCUT2D eigenvalue weighted by molar-refractivity contribution is -0.137. The minimum atomic E-state index is -4.31. The third-order valence-electron chi connectivity index (χ3n) is 1.82. The maximum Gasteiger partial charge on any atom is 0.416 e. The van der Waals surface area contributed by atoms with E-state index in [4.69, 9.17) is 0 Å². The van der Waals surface area contributed by atoms with E-state index in [9.17, 15) is 18.0 Å². The molecule has 0 bridgehead atoms. The standard InChI is InChI=1S/C10H10F3NO.C2H6/c1-7(15)14-6-8-2-4-9(5-3-8)10(11,12)13;1-2/h2-5H,6H2,1H3,(H,14,15);1-2H3. The molecule has 0 saturated heterocycles. The van der Waals surface area contributed by atoms with Gasteiger partial charge in [0.05, 0.1) is 5.56 Å². The smallest absolute Gasteiger partial charge is 0.352 e. The van der Waals surface area contributed by atoms with E-state index in [1.165, 1.54) is 19.1 Å². The Kier molecular flexibility index (Phi) is 6.31. The second-order valence-electron chi connectivity index (χ2n) is 3.10. The number of alkyl halides is 3. The van der Waals surface area contributed by atoms with Crippen LogP contribution in [-0.4, -0.2) is 5.91 Å². The van der Waals surface area contributed by atoms with Gasteiger partial charge in [0.1, 0.15) is 0 Å². The Hall–Kier alpha value is -1.52. The molecule has 0 radical (unpaired) electrons. The zero-order chi connectivity index (χ0) is 13.5. The monoisotopic (exact) mass is 247 g/mol. The topological polar surface area (TPSA) is 29.1 Å². The third-order valence-corrected chi connectivity index (χ3v) is 1.82. The van der Waals surface area contributed by atoms with E-state index >= 15 is 0 Å². The van der Waals surface area contributed by atoms with Crippen LogP contribution in [0.4, 0.5) is 13.2 Å². The first-order valence-electron chi connectivity index (χ1n) is 5.30. The molecule has 0 unspecified atom stereocenters. The molecular weight excluding hydrogens is 231 g/mol. The molecule has 0 atom stereocenters. The molecule has 1 amide bonds. The van der Waals surface area contributed by atoms with Crippen molar-refractivity contribution in [2.75, 3.05) is 0 Å². The lowest BCUT2D eigenvalue weighted by Gasteiger charge is -2.07. The molecule has 1 aromatic carbocycles. The Balaban J connectivity index is 0.00000121. The van der Waals surface area contributed by atoms with Crippen molar-refractivity contribution in [3.05, 3.63) is 35.4 Å². The summed E-state index contributed by atoms with van der Waals surface area (Å²) >= 11 is 0. The molecule has 0 aliphatic heterocycles. The molecule has 1 rings (SSSR count). The highest BCUT2D eigenvalue weighted by Gasteiger charge is 2.29. The van der Waals surface area contributed by atoms with Gasteiger partial charge in [0.2, 0.25) is 5.91 Å². The van der Waals surface area contributed by atoms with Gasteiger partial charge in [-0.2, -0.15) is 13.2 Å². The first kappa shape index (κ1) is 15.5. The summed E-state index contributed by atoms with van der Waals surface area (Å²) in [6, 6.07) is 4.69. The summed E-state index contributed by atoms with van der Waals surface area (Å²) in [6.45, 7) is 5.59. The first-order chi connectivity index (χ1) is 7.89. The highest BCUT2D eigenvalue weighted by atomic mass is 19.4. The highest BCUT2D eigenvalue weighted by molar-refractivity contribution is 5.72.